The van der Waals surface area contributed by atoms with Crippen molar-refractivity contribution in [3.8, 4) is 0 Å². The Morgan fingerprint density at radius 3 is 2.76 bits per heavy atom. The van der Waals surface area contributed by atoms with Gasteiger partial charge in [0.2, 0.25) is 0 Å². The maximum absolute atomic E-state index is 12.2. The van der Waals surface area contributed by atoms with Crippen molar-refractivity contribution in [1.29, 1.82) is 5.41 Å². The monoisotopic (exact) mass is 289 g/mol. The van der Waals surface area contributed by atoms with Crippen molar-refractivity contribution in [2.45, 2.75) is 44.6 Å². The molecule has 0 unspecified atom stereocenters. The molecule has 0 aromatic carbocycles. The minimum Gasteiger partial charge on any atom is -0.370 e. The van der Waals surface area contributed by atoms with Crippen molar-refractivity contribution in [3.63, 3.8) is 0 Å². The van der Waals surface area contributed by atoms with Crippen LogP contribution in [0.4, 0.5) is 4.79 Å². The van der Waals surface area contributed by atoms with E-state index < -0.39 is 0 Å². The number of nitrogens with one attached hydrogen (secondary N) is 2. The zero-order chi connectivity index (χ0) is 15.1. The van der Waals surface area contributed by atoms with E-state index in [4.69, 9.17) is 11.1 Å². The largest absolute Gasteiger partial charge is 0.370 e. The maximum Gasteiger partial charge on any atom is 0.324 e. The number of nitrogens with zero attached hydrogens (tertiary/aromatic N) is 2. The average Bonchev–Trinajstić information content (AvgIpc) is 2.49. The molecule has 1 aromatic rings. The van der Waals surface area contributed by atoms with Crippen LogP contribution in [0.2, 0.25) is 0 Å². The van der Waals surface area contributed by atoms with E-state index in [1.165, 1.54) is 11.3 Å². The number of urea groups is 1. The van der Waals surface area contributed by atoms with Crippen molar-refractivity contribution < 1.29 is 4.79 Å². The number of rotatable bonds is 4. The Bertz CT molecular complexity index is 470. The van der Waals surface area contributed by atoms with E-state index in [0.29, 0.717) is 13.0 Å². The standard InChI is InChI=1S/C15H23N5O/c16-14(17)20(11-9-12-6-4-5-10-18-12)15(21)19-13-7-2-1-3-8-13/h4-6,10,13H,1-3,7-9,11H2,(H3,16,17)(H,19,21). The summed E-state index contributed by atoms with van der Waals surface area (Å²) >= 11 is 0. The number of pyridine rings is 1. The van der Waals surface area contributed by atoms with Gasteiger partial charge in [0.05, 0.1) is 0 Å². The SMILES string of the molecule is N=C(N)N(CCc1ccccn1)C(=O)NC1CCCCC1. The lowest BCUT2D eigenvalue weighted by Crippen LogP contribution is -2.50. The van der Waals surface area contributed by atoms with Crippen LogP contribution in [0.15, 0.2) is 24.4 Å². The quantitative estimate of drug-likeness (QED) is 0.583. The Balaban J connectivity index is 1.88. The number of amides is 2. The molecule has 0 spiro atoms. The van der Waals surface area contributed by atoms with E-state index in [2.05, 4.69) is 10.3 Å². The van der Waals surface area contributed by atoms with Crippen molar-refractivity contribution in [3.05, 3.63) is 30.1 Å². The highest BCUT2D eigenvalue weighted by Gasteiger charge is 2.21. The summed E-state index contributed by atoms with van der Waals surface area (Å²) in [6.45, 7) is 0.366. The fourth-order valence-corrected chi connectivity index (χ4v) is 2.60. The number of hydrogen-bond donors (Lipinski definition) is 3. The molecule has 4 N–H and O–H groups in total. The topological polar surface area (TPSA) is 95.1 Å². The highest BCUT2D eigenvalue weighted by Crippen LogP contribution is 2.17. The predicted molar refractivity (Wildman–Crippen MR) is 82.0 cm³/mol. The van der Waals surface area contributed by atoms with Gasteiger partial charge >= 0.3 is 6.03 Å². The summed E-state index contributed by atoms with van der Waals surface area (Å²) < 4.78 is 0. The molecule has 1 heterocycles. The van der Waals surface area contributed by atoms with Crippen LogP contribution in [0.3, 0.4) is 0 Å². The van der Waals surface area contributed by atoms with E-state index in [1.54, 1.807) is 6.20 Å². The number of aromatic nitrogens is 1. The van der Waals surface area contributed by atoms with Gasteiger partial charge < -0.3 is 11.1 Å². The van der Waals surface area contributed by atoms with Crippen LogP contribution >= 0.6 is 0 Å². The Kier molecular flexibility index (Phi) is 5.54. The molecular weight excluding hydrogens is 266 g/mol. The van der Waals surface area contributed by atoms with Crippen LogP contribution in [-0.4, -0.2) is 34.5 Å². The number of carbonyl (C=O) groups is 1. The third-order valence-electron chi connectivity index (χ3n) is 3.79. The second kappa shape index (κ2) is 7.61. The first kappa shape index (κ1) is 15.3. The first-order valence-electron chi connectivity index (χ1n) is 7.49. The maximum atomic E-state index is 12.2. The summed E-state index contributed by atoms with van der Waals surface area (Å²) in [5.74, 6) is -0.223. The van der Waals surface area contributed by atoms with Gasteiger partial charge in [0, 0.05) is 30.9 Å². The molecule has 0 bridgehead atoms. The Labute approximate surface area is 125 Å². The lowest BCUT2D eigenvalue weighted by molar-refractivity contribution is 0.212. The Morgan fingerprint density at radius 1 is 1.38 bits per heavy atom. The number of carbonyl (C=O) groups excluding carboxylic acids is 1. The second-order valence-corrected chi connectivity index (χ2v) is 5.39. The molecule has 0 radical (unpaired) electrons. The highest BCUT2D eigenvalue weighted by atomic mass is 16.2. The molecule has 1 saturated carbocycles. The van der Waals surface area contributed by atoms with Crippen LogP contribution in [0.5, 0.6) is 0 Å². The molecule has 0 saturated heterocycles. The van der Waals surface area contributed by atoms with Gasteiger partial charge in [0.25, 0.3) is 0 Å². The smallest absolute Gasteiger partial charge is 0.324 e. The Hall–Kier alpha value is -2.11. The van der Waals surface area contributed by atoms with Gasteiger partial charge in [0.1, 0.15) is 0 Å². The molecule has 6 nitrogen and oxygen atoms in total. The minimum atomic E-state index is -0.273. The summed E-state index contributed by atoms with van der Waals surface area (Å²) in [6.07, 6.45) is 7.86. The molecule has 6 heteroatoms. The molecule has 1 fully saturated rings. The van der Waals surface area contributed by atoms with E-state index in [-0.39, 0.29) is 18.0 Å². The molecule has 2 amide bonds. The van der Waals surface area contributed by atoms with Gasteiger partial charge in [-0.05, 0) is 25.0 Å². The number of guanidine groups is 1. The molecule has 1 aliphatic carbocycles. The van der Waals surface area contributed by atoms with Crippen LogP contribution in [-0.2, 0) is 6.42 Å². The summed E-state index contributed by atoms with van der Waals surface area (Å²) in [5, 5.41) is 10.6. The summed E-state index contributed by atoms with van der Waals surface area (Å²) in [6, 6.07) is 5.59. The molecule has 114 valence electrons. The van der Waals surface area contributed by atoms with Gasteiger partial charge in [-0.1, -0.05) is 25.3 Å². The van der Waals surface area contributed by atoms with E-state index in [1.807, 2.05) is 18.2 Å². The van der Waals surface area contributed by atoms with E-state index >= 15 is 0 Å². The molecule has 0 atom stereocenters. The summed E-state index contributed by atoms with van der Waals surface area (Å²) in [5.41, 5.74) is 6.42. The van der Waals surface area contributed by atoms with Gasteiger partial charge in [-0.2, -0.15) is 0 Å². The van der Waals surface area contributed by atoms with Crippen molar-refractivity contribution in [1.82, 2.24) is 15.2 Å². The normalized spacial score (nSPS) is 15.4. The lowest BCUT2D eigenvalue weighted by Gasteiger charge is -2.27. The van der Waals surface area contributed by atoms with Gasteiger partial charge in [-0.25, -0.2) is 4.79 Å². The first-order chi connectivity index (χ1) is 10.2. The van der Waals surface area contributed by atoms with E-state index in [0.717, 1.165) is 31.4 Å². The number of nitrogens with two attached hydrogens (primary N) is 1. The predicted octanol–water partition coefficient (Wildman–Crippen LogP) is 1.86. The zero-order valence-corrected chi connectivity index (χ0v) is 12.2. The molecule has 1 aromatic heterocycles. The van der Waals surface area contributed by atoms with Crippen molar-refractivity contribution in [2.24, 2.45) is 5.73 Å². The van der Waals surface area contributed by atoms with Gasteiger partial charge in [-0.3, -0.25) is 15.3 Å². The van der Waals surface area contributed by atoms with E-state index in [9.17, 15) is 4.79 Å². The zero-order valence-electron chi connectivity index (χ0n) is 12.2. The second-order valence-electron chi connectivity index (χ2n) is 5.39. The summed E-state index contributed by atoms with van der Waals surface area (Å²) in [4.78, 5) is 17.7. The molecule has 1 aliphatic rings. The van der Waals surface area contributed by atoms with Crippen LogP contribution in [0.1, 0.15) is 37.8 Å². The molecule has 2 rings (SSSR count). The minimum absolute atomic E-state index is 0.211. The molecule has 21 heavy (non-hydrogen) atoms. The van der Waals surface area contributed by atoms with Gasteiger partial charge in [-0.15, -0.1) is 0 Å². The molecule has 0 aliphatic heterocycles. The highest BCUT2D eigenvalue weighted by molar-refractivity contribution is 5.94. The summed E-state index contributed by atoms with van der Waals surface area (Å²) in [7, 11) is 0. The van der Waals surface area contributed by atoms with Crippen LogP contribution in [0, 0.1) is 5.41 Å². The van der Waals surface area contributed by atoms with Crippen molar-refractivity contribution >= 4 is 12.0 Å². The van der Waals surface area contributed by atoms with Gasteiger partial charge in [0.15, 0.2) is 5.96 Å². The fraction of sp³-hybridized carbons (Fsp3) is 0.533. The lowest BCUT2D eigenvalue weighted by atomic mass is 9.96. The van der Waals surface area contributed by atoms with Crippen LogP contribution in [0.25, 0.3) is 0 Å². The van der Waals surface area contributed by atoms with Crippen LogP contribution < -0.4 is 11.1 Å². The number of hydrogen-bond acceptors (Lipinski definition) is 3. The average molecular weight is 289 g/mol. The first-order valence-corrected chi connectivity index (χ1v) is 7.49. The third-order valence-corrected chi connectivity index (χ3v) is 3.79. The Morgan fingerprint density at radius 2 is 2.14 bits per heavy atom. The third kappa shape index (κ3) is 4.73. The molecular formula is C15H23N5O. The van der Waals surface area contributed by atoms with Crippen molar-refractivity contribution in [2.75, 3.05) is 6.54 Å². The fourth-order valence-electron chi connectivity index (χ4n) is 2.60.